The zero-order chi connectivity index (χ0) is 23.7. The van der Waals surface area contributed by atoms with Gasteiger partial charge in [-0.05, 0) is 25.1 Å². The fraction of sp³-hybridized carbons (Fsp3) is 0.368. The smallest absolute Gasteiger partial charge is 0.228 e. The third-order valence-electron chi connectivity index (χ3n) is 4.95. The van der Waals surface area contributed by atoms with E-state index in [0.717, 1.165) is 0 Å². The van der Waals surface area contributed by atoms with Crippen molar-refractivity contribution in [1.82, 2.24) is 19.5 Å². The number of ether oxygens (including phenoxy) is 2. The van der Waals surface area contributed by atoms with Crippen LogP contribution >= 0.6 is 23.2 Å². The van der Waals surface area contributed by atoms with Crippen molar-refractivity contribution < 1.29 is 24.8 Å². The minimum Gasteiger partial charge on any atom is -0.486 e. The molecule has 14 heteroatoms. The average Bonchev–Trinajstić information content (AvgIpc) is 3.29. The molecule has 2 aromatic heterocycles. The predicted octanol–water partition coefficient (Wildman–Crippen LogP) is 1.19. The van der Waals surface area contributed by atoms with Crippen molar-refractivity contribution in [3.8, 4) is 5.75 Å². The Morgan fingerprint density at radius 1 is 1.30 bits per heavy atom. The first kappa shape index (κ1) is 23.4. The molecule has 1 aliphatic heterocycles. The van der Waals surface area contributed by atoms with Gasteiger partial charge in [0, 0.05) is 5.02 Å². The molecular weight excluding hydrogens is 477 g/mol. The molecule has 0 aliphatic carbocycles. The Hall–Kier alpha value is -2.74. The SMILES string of the molecule is C/C(COc1ccc(Cl)cc1Cl)=N\Nc1nc2c(N)ncnc2n1[C@@H]1O[C@H](CO)[C@@H](O)[C@H]1O. The van der Waals surface area contributed by atoms with Crippen LogP contribution in [0.4, 0.5) is 11.8 Å². The topological polar surface area (TPSA) is 173 Å². The predicted molar refractivity (Wildman–Crippen MR) is 121 cm³/mol. The van der Waals surface area contributed by atoms with Crippen LogP contribution in [0.2, 0.25) is 10.0 Å². The number of hydrazone groups is 1. The zero-order valence-electron chi connectivity index (χ0n) is 17.3. The lowest BCUT2D eigenvalue weighted by atomic mass is 10.1. The van der Waals surface area contributed by atoms with Gasteiger partial charge in [-0.15, -0.1) is 0 Å². The highest BCUT2D eigenvalue weighted by atomic mass is 35.5. The molecule has 0 spiro atoms. The number of fused-ring (bicyclic) bond motifs is 1. The molecule has 33 heavy (non-hydrogen) atoms. The molecule has 0 amide bonds. The van der Waals surface area contributed by atoms with E-state index in [4.69, 9.17) is 38.4 Å². The molecule has 1 fully saturated rings. The van der Waals surface area contributed by atoms with Gasteiger partial charge in [-0.2, -0.15) is 5.10 Å². The number of nitrogens with two attached hydrogens (primary N) is 1. The Morgan fingerprint density at radius 3 is 2.79 bits per heavy atom. The minimum atomic E-state index is -1.36. The molecule has 0 saturated carbocycles. The summed E-state index contributed by atoms with van der Waals surface area (Å²) in [4.78, 5) is 12.5. The van der Waals surface area contributed by atoms with E-state index in [9.17, 15) is 15.3 Å². The van der Waals surface area contributed by atoms with Crippen molar-refractivity contribution >= 4 is 51.8 Å². The molecule has 4 atom stereocenters. The number of nitrogens with zero attached hydrogens (tertiary/aromatic N) is 5. The summed E-state index contributed by atoms with van der Waals surface area (Å²) >= 11 is 12.0. The third-order valence-corrected chi connectivity index (χ3v) is 5.48. The minimum absolute atomic E-state index is 0.102. The molecular formula is C19H21Cl2N7O5. The van der Waals surface area contributed by atoms with Crippen molar-refractivity contribution in [2.75, 3.05) is 24.4 Å². The highest BCUT2D eigenvalue weighted by Crippen LogP contribution is 2.35. The molecule has 1 saturated heterocycles. The van der Waals surface area contributed by atoms with E-state index in [1.54, 1.807) is 25.1 Å². The van der Waals surface area contributed by atoms with Crippen LogP contribution in [0.25, 0.3) is 11.2 Å². The summed E-state index contributed by atoms with van der Waals surface area (Å²) < 4.78 is 12.7. The van der Waals surface area contributed by atoms with E-state index in [-0.39, 0.29) is 29.5 Å². The van der Waals surface area contributed by atoms with Crippen molar-refractivity contribution in [1.29, 1.82) is 0 Å². The van der Waals surface area contributed by atoms with Gasteiger partial charge in [0.05, 0.1) is 17.3 Å². The molecule has 3 aromatic rings. The zero-order valence-corrected chi connectivity index (χ0v) is 18.8. The quantitative estimate of drug-likeness (QED) is 0.235. The average molecular weight is 498 g/mol. The van der Waals surface area contributed by atoms with E-state index < -0.39 is 31.1 Å². The molecule has 1 aromatic carbocycles. The van der Waals surface area contributed by atoms with Gasteiger partial charge in [-0.25, -0.2) is 20.4 Å². The molecule has 176 valence electrons. The number of anilines is 2. The summed E-state index contributed by atoms with van der Waals surface area (Å²) in [5.74, 6) is 0.670. The monoisotopic (exact) mass is 497 g/mol. The summed E-state index contributed by atoms with van der Waals surface area (Å²) in [6, 6.07) is 4.87. The van der Waals surface area contributed by atoms with Gasteiger partial charge in [-0.1, -0.05) is 23.2 Å². The van der Waals surface area contributed by atoms with Crippen LogP contribution < -0.4 is 15.9 Å². The molecule has 6 N–H and O–H groups in total. The third kappa shape index (κ3) is 4.67. The number of nitrogens with one attached hydrogen (secondary N) is 1. The highest BCUT2D eigenvalue weighted by molar-refractivity contribution is 6.35. The maximum atomic E-state index is 10.5. The Balaban J connectivity index is 1.59. The summed E-state index contributed by atoms with van der Waals surface area (Å²) in [5, 5.41) is 35.2. The molecule has 0 bridgehead atoms. The van der Waals surface area contributed by atoms with Crippen LogP contribution in [0.3, 0.4) is 0 Å². The number of benzene rings is 1. The standard InChI is InChI=1S/C19H21Cl2N7O5/c1-8(6-32-11-3-2-9(20)4-10(11)21)26-27-19-25-13-16(22)23-7-24-17(13)28(19)18-15(31)14(30)12(5-29)33-18/h2-4,7,12,14-15,18,29-31H,5-6H2,1H3,(H,25,27)(H2,22,23,24)/b26-8+/t12-,14-,15-,18-/m1/s1. The van der Waals surface area contributed by atoms with E-state index >= 15 is 0 Å². The number of hydrogen-bond acceptors (Lipinski definition) is 11. The lowest BCUT2D eigenvalue weighted by molar-refractivity contribution is -0.0501. The Kier molecular flexibility index (Phi) is 6.83. The van der Waals surface area contributed by atoms with Crippen molar-refractivity contribution in [3.05, 3.63) is 34.6 Å². The number of aromatic nitrogens is 4. The lowest BCUT2D eigenvalue weighted by Crippen LogP contribution is -2.33. The Labute approximate surface area is 197 Å². The number of imidazole rings is 1. The number of hydrogen-bond donors (Lipinski definition) is 5. The number of aliphatic hydroxyl groups excluding tert-OH is 3. The Bertz CT molecular complexity index is 1190. The first-order valence-electron chi connectivity index (χ1n) is 9.78. The maximum Gasteiger partial charge on any atom is 0.228 e. The van der Waals surface area contributed by atoms with Gasteiger partial charge in [0.15, 0.2) is 23.2 Å². The first-order valence-corrected chi connectivity index (χ1v) is 10.5. The van der Waals surface area contributed by atoms with Crippen molar-refractivity contribution in [2.24, 2.45) is 5.10 Å². The summed E-state index contributed by atoms with van der Waals surface area (Å²) in [5.41, 5.74) is 9.72. The van der Waals surface area contributed by atoms with Gasteiger partial charge >= 0.3 is 0 Å². The normalized spacial score (nSPS) is 23.3. The van der Waals surface area contributed by atoms with Gasteiger partial charge in [0.2, 0.25) is 5.95 Å². The van der Waals surface area contributed by atoms with Crippen molar-refractivity contribution in [3.63, 3.8) is 0 Å². The highest BCUT2D eigenvalue weighted by Gasteiger charge is 2.45. The Morgan fingerprint density at radius 2 is 2.09 bits per heavy atom. The molecule has 12 nitrogen and oxygen atoms in total. The summed E-state index contributed by atoms with van der Waals surface area (Å²) in [7, 11) is 0. The van der Waals surface area contributed by atoms with Gasteiger partial charge < -0.3 is 30.5 Å². The first-order chi connectivity index (χ1) is 15.8. The van der Waals surface area contributed by atoms with Gasteiger partial charge in [0.25, 0.3) is 0 Å². The fourth-order valence-corrected chi connectivity index (χ4v) is 3.75. The molecule has 0 unspecified atom stereocenters. The number of halogens is 2. The maximum absolute atomic E-state index is 10.5. The van der Waals surface area contributed by atoms with Gasteiger partial charge in [0.1, 0.15) is 37.0 Å². The molecule has 4 rings (SSSR count). The molecule has 3 heterocycles. The largest absolute Gasteiger partial charge is 0.486 e. The molecule has 1 aliphatic rings. The van der Waals surface area contributed by atoms with Crippen LogP contribution in [0.15, 0.2) is 29.6 Å². The lowest BCUT2D eigenvalue weighted by Gasteiger charge is -2.19. The van der Waals surface area contributed by atoms with E-state index in [0.29, 0.717) is 21.5 Å². The second-order valence-corrected chi connectivity index (χ2v) is 8.13. The number of aliphatic hydroxyl groups is 3. The van der Waals surface area contributed by atoms with Crippen LogP contribution in [0, 0.1) is 0 Å². The van der Waals surface area contributed by atoms with E-state index in [2.05, 4.69) is 25.5 Å². The van der Waals surface area contributed by atoms with Crippen LogP contribution in [-0.4, -0.2) is 72.1 Å². The molecule has 0 radical (unpaired) electrons. The van der Waals surface area contributed by atoms with E-state index in [1.807, 2.05) is 0 Å². The van der Waals surface area contributed by atoms with Crippen LogP contribution in [0.5, 0.6) is 5.75 Å². The summed E-state index contributed by atoms with van der Waals surface area (Å²) in [6.07, 6.45) is -3.54. The van der Waals surface area contributed by atoms with E-state index in [1.165, 1.54) is 10.9 Å². The van der Waals surface area contributed by atoms with Crippen LogP contribution in [0.1, 0.15) is 13.2 Å². The number of nitrogen functional groups attached to an aromatic ring is 1. The van der Waals surface area contributed by atoms with Gasteiger partial charge in [-0.3, -0.25) is 4.57 Å². The van der Waals surface area contributed by atoms with Crippen LogP contribution in [-0.2, 0) is 4.74 Å². The second kappa shape index (κ2) is 9.63. The van der Waals surface area contributed by atoms with Crippen molar-refractivity contribution in [2.45, 2.75) is 31.5 Å². The number of rotatable bonds is 7. The summed E-state index contributed by atoms with van der Waals surface area (Å²) in [6.45, 7) is 1.33. The fourth-order valence-electron chi connectivity index (χ4n) is 3.29. The second-order valence-electron chi connectivity index (χ2n) is 7.29.